The molecule has 0 aromatic carbocycles. The van der Waals surface area contributed by atoms with Crippen molar-refractivity contribution in [3.8, 4) is 0 Å². The van der Waals surface area contributed by atoms with Crippen molar-refractivity contribution >= 4 is 6.29 Å². The fourth-order valence-electron chi connectivity index (χ4n) is 0.406. The van der Waals surface area contributed by atoms with Crippen molar-refractivity contribution in [2.45, 2.75) is 6.54 Å². The molecule has 1 heterocycles. The maximum atomic E-state index is 9.78. The zero-order chi connectivity index (χ0) is 5.82. The Balaban J connectivity index is 2.62. The van der Waals surface area contributed by atoms with Gasteiger partial charge >= 0.3 is 0 Å². The van der Waals surface area contributed by atoms with Crippen LogP contribution in [0.25, 0.3) is 0 Å². The molecule has 0 radical (unpaired) electrons. The first kappa shape index (κ1) is 4.96. The molecule has 0 aliphatic rings. The van der Waals surface area contributed by atoms with E-state index < -0.39 is 0 Å². The molecule has 4 nitrogen and oxygen atoms in total. The fourth-order valence-corrected chi connectivity index (χ4v) is 0.406. The molecule has 1 aromatic heterocycles. The molecule has 8 heavy (non-hydrogen) atoms. The molecule has 0 amide bonds. The van der Waals surface area contributed by atoms with E-state index in [9.17, 15) is 4.79 Å². The highest BCUT2D eigenvalue weighted by molar-refractivity contribution is 5.48. The normalized spacial score (nSPS) is 9.00. The lowest BCUT2D eigenvalue weighted by Crippen LogP contribution is -1.98. The summed E-state index contributed by atoms with van der Waals surface area (Å²) >= 11 is 0. The lowest BCUT2D eigenvalue weighted by atomic mass is 10.7. The van der Waals surface area contributed by atoms with E-state index in [0.717, 1.165) is 6.29 Å². The molecule has 4 heteroatoms. The minimum atomic E-state index is 0.292. The van der Waals surface area contributed by atoms with Gasteiger partial charge < -0.3 is 4.79 Å². The van der Waals surface area contributed by atoms with Crippen molar-refractivity contribution in [2.75, 3.05) is 0 Å². The number of hydrogen-bond acceptors (Lipinski definition) is 3. The van der Waals surface area contributed by atoms with Crippen LogP contribution in [0.1, 0.15) is 0 Å². The minimum Gasteiger partial charge on any atom is -0.301 e. The van der Waals surface area contributed by atoms with E-state index in [-0.39, 0.29) is 0 Å². The molecule has 1 rings (SSSR count). The van der Waals surface area contributed by atoms with Crippen LogP contribution < -0.4 is 0 Å². The van der Waals surface area contributed by atoms with Crippen LogP contribution in [0.15, 0.2) is 12.4 Å². The smallest absolute Gasteiger partial charge is 0.141 e. The maximum absolute atomic E-state index is 9.78. The van der Waals surface area contributed by atoms with Gasteiger partial charge in [0, 0.05) is 6.20 Å². The molecule has 0 atom stereocenters. The van der Waals surface area contributed by atoms with Crippen molar-refractivity contribution in [1.82, 2.24) is 15.0 Å². The van der Waals surface area contributed by atoms with Crippen LogP contribution in [-0.4, -0.2) is 21.3 Å². The summed E-state index contributed by atoms with van der Waals surface area (Å²) in [5.74, 6) is 0. The average Bonchev–Trinajstić information content (AvgIpc) is 2.19. The number of aldehydes is 1. The third-order valence-electron chi connectivity index (χ3n) is 0.734. The molecular weight excluding hydrogens is 106 g/mol. The van der Waals surface area contributed by atoms with Crippen LogP contribution in [0.5, 0.6) is 0 Å². The van der Waals surface area contributed by atoms with Gasteiger partial charge in [0.05, 0.1) is 12.7 Å². The SMILES string of the molecule is O=CCn1ccnn1. The van der Waals surface area contributed by atoms with Crippen molar-refractivity contribution in [1.29, 1.82) is 0 Å². The Kier molecular flexibility index (Phi) is 1.37. The molecule has 0 saturated carbocycles. The van der Waals surface area contributed by atoms with Crippen LogP contribution >= 0.6 is 0 Å². The van der Waals surface area contributed by atoms with Crippen LogP contribution in [0, 0.1) is 0 Å². The Labute approximate surface area is 46.1 Å². The summed E-state index contributed by atoms with van der Waals surface area (Å²) in [5.41, 5.74) is 0. The van der Waals surface area contributed by atoms with Crippen LogP contribution in [0.2, 0.25) is 0 Å². The van der Waals surface area contributed by atoms with E-state index in [1.165, 1.54) is 10.9 Å². The largest absolute Gasteiger partial charge is 0.301 e. The predicted octanol–water partition coefficient (Wildman–Crippen LogP) is -0.523. The first-order valence-corrected chi connectivity index (χ1v) is 2.21. The van der Waals surface area contributed by atoms with E-state index in [4.69, 9.17) is 0 Å². The number of rotatable bonds is 2. The molecule has 0 aliphatic carbocycles. The zero-order valence-electron chi connectivity index (χ0n) is 4.19. The third kappa shape index (κ3) is 0.900. The number of carbonyl (C=O) groups is 1. The second-order valence-corrected chi connectivity index (χ2v) is 1.29. The lowest BCUT2D eigenvalue weighted by molar-refractivity contribution is -0.108. The number of carbonyl (C=O) groups excluding carboxylic acids is 1. The molecule has 0 aliphatic heterocycles. The van der Waals surface area contributed by atoms with Gasteiger partial charge in [0.25, 0.3) is 0 Å². The van der Waals surface area contributed by atoms with Crippen LogP contribution in [0.3, 0.4) is 0 Å². The van der Waals surface area contributed by atoms with E-state index in [1.807, 2.05) is 0 Å². The van der Waals surface area contributed by atoms with Gasteiger partial charge in [-0.15, -0.1) is 5.10 Å². The minimum absolute atomic E-state index is 0.292. The van der Waals surface area contributed by atoms with Crippen LogP contribution in [0.4, 0.5) is 0 Å². The van der Waals surface area contributed by atoms with Gasteiger partial charge in [0.1, 0.15) is 6.29 Å². The van der Waals surface area contributed by atoms with Crippen molar-refractivity contribution < 1.29 is 4.79 Å². The highest BCUT2D eigenvalue weighted by Crippen LogP contribution is 1.74. The summed E-state index contributed by atoms with van der Waals surface area (Å²) in [6.07, 6.45) is 3.94. The second kappa shape index (κ2) is 2.20. The number of aromatic nitrogens is 3. The molecule has 42 valence electrons. The summed E-state index contributed by atoms with van der Waals surface area (Å²) in [7, 11) is 0. The molecule has 0 bridgehead atoms. The van der Waals surface area contributed by atoms with E-state index in [2.05, 4.69) is 10.3 Å². The standard InChI is InChI=1S/C4H5N3O/c8-4-3-7-2-1-5-6-7/h1-2,4H,3H2. The Morgan fingerprint density at radius 1 is 1.75 bits per heavy atom. The second-order valence-electron chi connectivity index (χ2n) is 1.29. The van der Waals surface area contributed by atoms with Crippen molar-refractivity contribution in [3.05, 3.63) is 12.4 Å². The van der Waals surface area contributed by atoms with Gasteiger partial charge in [0.2, 0.25) is 0 Å². The van der Waals surface area contributed by atoms with E-state index in [0.29, 0.717) is 6.54 Å². The topological polar surface area (TPSA) is 47.8 Å². The predicted molar refractivity (Wildman–Crippen MR) is 26.1 cm³/mol. The summed E-state index contributed by atoms with van der Waals surface area (Å²) in [6, 6.07) is 0. The van der Waals surface area contributed by atoms with E-state index >= 15 is 0 Å². The Bertz CT molecular complexity index is 158. The van der Waals surface area contributed by atoms with Gasteiger partial charge in [-0.3, -0.25) is 0 Å². The molecule has 0 unspecified atom stereocenters. The molecular formula is C4H5N3O. The molecule has 0 spiro atoms. The number of nitrogens with zero attached hydrogens (tertiary/aromatic N) is 3. The highest BCUT2D eigenvalue weighted by atomic mass is 16.1. The average molecular weight is 111 g/mol. The highest BCUT2D eigenvalue weighted by Gasteiger charge is 1.83. The fraction of sp³-hybridized carbons (Fsp3) is 0.250. The Morgan fingerprint density at radius 2 is 2.62 bits per heavy atom. The van der Waals surface area contributed by atoms with Crippen molar-refractivity contribution in [2.24, 2.45) is 0 Å². The van der Waals surface area contributed by atoms with Gasteiger partial charge in [-0.25, -0.2) is 4.68 Å². The lowest BCUT2D eigenvalue weighted by Gasteiger charge is -1.84. The van der Waals surface area contributed by atoms with Crippen molar-refractivity contribution in [3.63, 3.8) is 0 Å². The van der Waals surface area contributed by atoms with Gasteiger partial charge in [0.15, 0.2) is 0 Å². The summed E-state index contributed by atoms with van der Waals surface area (Å²) in [6.45, 7) is 0.292. The third-order valence-corrected chi connectivity index (χ3v) is 0.734. The van der Waals surface area contributed by atoms with Gasteiger partial charge in [-0.05, 0) is 0 Å². The molecule has 0 saturated heterocycles. The zero-order valence-corrected chi connectivity index (χ0v) is 4.19. The van der Waals surface area contributed by atoms with Gasteiger partial charge in [-0.2, -0.15) is 0 Å². The molecule has 1 aromatic rings. The summed E-state index contributed by atoms with van der Waals surface area (Å²) in [4.78, 5) is 9.78. The van der Waals surface area contributed by atoms with E-state index in [1.54, 1.807) is 6.20 Å². The van der Waals surface area contributed by atoms with Crippen LogP contribution in [-0.2, 0) is 11.3 Å². The maximum Gasteiger partial charge on any atom is 0.141 e. The van der Waals surface area contributed by atoms with Gasteiger partial charge in [-0.1, -0.05) is 5.21 Å². The number of hydrogen-bond donors (Lipinski definition) is 0. The summed E-state index contributed by atoms with van der Waals surface area (Å²) < 4.78 is 1.45. The first-order valence-electron chi connectivity index (χ1n) is 2.21. The summed E-state index contributed by atoms with van der Waals surface area (Å²) in [5, 5.41) is 7.04. The monoisotopic (exact) mass is 111 g/mol. The quantitative estimate of drug-likeness (QED) is 0.482. The molecule has 0 fully saturated rings. The Hall–Kier alpha value is -1.19. The first-order chi connectivity index (χ1) is 3.93. The molecule has 0 N–H and O–H groups in total. The Morgan fingerprint density at radius 3 is 3.12 bits per heavy atom.